The van der Waals surface area contributed by atoms with Crippen molar-refractivity contribution in [3.05, 3.63) is 0 Å². The Balaban J connectivity index is 2.04. The van der Waals surface area contributed by atoms with Crippen molar-refractivity contribution in [1.82, 2.24) is 10.2 Å². The standard InChI is InChI=1S/C13H28N2OS/c1-12(6-11-17-3)15(2)9-10-16-13-4-7-14-8-5-13/h12-14H,4-11H2,1-3H3. The molecule has 1 aliphatic heterocycles. The summed E-state index contributed by atoms with van der Waals surface area (Å²) in [4.78, 5) is 2.41. The molecule has 1 fully saturated rings. The van der Waals surface area contributed by atoms with E-state index in [0.29, 0.717) is 12.1 Å². The predicted octanol–water partition coefficient (Wildman–Crippen LogP) is 1.83. The maximum atomic E-state index is 5.92. The molecule has 1 N–H and O–H groups in total. The van der Waals surface area contributed by atoms with Crippen molar-refractivity contribution in [1.29, 1.82) is 0 Å². The highest BCUT2D eigenvalue weighted by atomic mass is 32.2. The van der Waals surface area contributed by atoms with Crippen molar-refractivity contribution in [2.75, 3.05) is 45.3 Å². The lowest BCUT2D eigenvalue weighted by atomic mass is 10.1. The number of piperidine rings is 1. The van der Waals surface area contributed by atoms with Gasteiger partial charge in [0.2, 0.25) is 0 Å². The SMILES string of the molecule is CSCCC(C)N(C)CCOC1CCNCC1. The number of nitrogens with one attached hydrogen (secondary N) is 1. The van der Waals surface area contributed by atoms with Gasteiger partial charge in [-0.05, 0) is 58.3 Å². The Morgan fingerprint density at radius 3 is 2.76 bits per heavy atom. The number of rotatable bonds is 8. The van der Waals surface area contributed by atoms with Crippen LogP contribution >= 0.6 is 11.8 Å². The maximum absolute atomic E-state index is 5.92. The normalized spacial score (nSPS) is 19.8. The molecule has 0 bridgehead atoms. The fourth-order valence-corrected chi connectivity index (χ4v) is 2.63. The second kappa shape index (κ2) is 9.20. The van der Waals surface area contributed by atoms with E-state index in [2.05, 4.69) is 30.4 Å². The van der Waals surface area contributed by atoms with Crippen LogP contribution in [-0.2, 0) is 4.74 Å². The van der Waals surface area contributed by atoms with E-state index in [1.54, 1.807) is 0 Å². The number of nitrogens with zero attached hydrogens (tertiary/aromatic N) is 1. The summed E-state index contributed by atoms with van der Waals surface area (Å²) in [5.41, 5.74) is 0. The van der Waals surface area contributed by atoms with E-state index < -0.39 is 0 Å². The highest BCUT2D eigenvalue weighted by Gasteiger charge is 2.14. The molecule has 1 atom stereocenters. The summed E-state index contributed by atoms with van der Waals surface area (Å²) in [6.07, 6.45) is 6.28. The van der Waals surface area contributed by atoms with Gasteiger partial charge in [-0.15, -0.1) is 0 Å². The summed E-state index contributed by atoms with van der Waals surface area (Å²) < 4.78 is 5.92. The van der Waals surface area contributed by atoms with Crippen LogP contribution in [0.1, 0.15) is 26.2 Å². The van der Waals surface area contributed by atoms with E-state index in [1.807, 2.05) is 11.8 Å². The van der Waals surface area contributed by atoms with Crippen LogP contribution in [0, 0.1) is 0 Å². The van der Waals surface area contributed by atoms with Gasteiger partial charge in [0.1, 0.15) is 0 Å². The zero-order valence-electron chi connectivity index (χ0n) is 11.6. The Morgan fingerprint density at radius 2 is 2.12 bits per heavy atom. The average Bonchev–Trinajstić information content (AvgIpc) is 2.37. The molecular formula is C13H28N2OS. The van der Waals surface area contributed by atoms with Gasteiger partial charge in [-0.25, -0.2) is 0 Å². The lowest BCUT2D eigenvalue weighted by Crippen LogP contribution is -2.36. The van der Waals surface area contributed by atoms with Crippen LogP contribution in [0.5, 0.6) is 0 Å². The van der Waals surface area contributed by atoms with Crippen LogP contribution in [0.15, 0.2) is 0 Å². The fraction of sp³-hybridized carbons (Fsp3) is 1.00. The summed E-state index contributed by atoms with van der Waals surface area (Å²) in [5.74, 6) is 1.25. The number of thioether (sulfide) groups is 1. The van der Waals surface area contributed by atoms with Crippen LogP contribution in [0.4, 0.5) is 0 Å². The van der Waals surface area contributed by atoms with E-state index in [9.17, 15) is 0 Å². The van der Waals surface area contributed by atoms with Crippen LogP contribution < -0.4 is 5.32 Å². The molecule has 1 rings (SSSR count). The lowest BCUT2D eigenvalue weighted by Gasteiger charge is -2.27. The minimum absolute atomic E-state index is 0.492. The molecule has 0 spiro atoms. The van der Waals surface area contributed by atoms with Crippen molar-refractivity contribution in [2.45, 2.75) is 38.3 Å². The Bertz CT molecular complexity index is 186. The zero-order chi connectivity index (χ0) is 12.5. The van der Waals surface area contributed by atoms with Crippen molar-refractivity contribution in [3.63, 3.8) is 0 Å². The van der Waals surface area contributed by atoms with Gasteiger partial charge in [0.25, 0.3) is 0 Å². The Hall–Kier alpha value is 0.230. The summed E-state index contributed by atoms with van der Waals surface area (Å²) in [5, 5.41) is 3.36. The van der Waals surface area contributed by atoms with Crippen LogP contribution in [0.2, 0.25) is 0 Å². The molecule has 102 valence electrons. The number of hydrogen-bond acceptors (Lipinski definition) is 4. The van der Waals surface area contributed by atoms with Gasteiger partial charge < -0.3 is 15.0 Å². The van der Waals surface area contributed by atoms with Gasteiger partial charge in [-0.1, -0.05) is 0 Å². The molecule has 0 aromatic rings. The van der Waals surface area contributed by atoms with Gasteiger partial charge in [-0.3, -0.25) is 0 Å². The van der Waals surface area contributed by atoms with Crippen LogP contribution in [0.3, 0.4) is 0 Å². The van der Waals surface area contributed by atoms with Gasteiger partial charge in [0, 0.05) is 12.6 Å². The molecule has 0 aromatic heterocycles. The second-order valence-corrected chi connectivity index (χ2v) is 5.92. The topological polar surface area (TPSA) is 24.5 Å². The molecular weight excluding hydrogens is 232 g/mol. The van der Waals surface area contributed by atoms with E-state index >= 15 is 0 Å². The molecule has 3 nitrogen and oxygen atoms in total. The first-order valence-electron chi connectivity index (χ1n) is 6.75. The first-order chi connectivity index (χ1) is 8.24. The maximum Gasteiger partial charge on any atom is 0.0600 e. The lowest BCUT2D eigenvalue weighted by molar-refractivity contribution is 0.0190. The highest BCUT2D eigenvalue weighted by molar-refractivity contribution is 7.98. The van der Waals surface area contributed by atoms with Crippen LogP contribution in [0.25, 0.3) is 0 Å². The van der Waals surface area contributed by atoms with Crippen molar-refractivity contribution in [2.24, 2.45) is 0 Å². The molecule has 0 amide bonds. The van der Waals surface area contributed by atoms with E-state index in [0.717, 1.165) is 26.2 Å². The van der Waals surface area contributed by atoms with Crippen molar-refractivity contribution >= 4 is 11.8 Å². The number of ether oxygens (including phenoxy) is 1. The van der Waals surface area contributed by atoms with E-state index in [1.165, 1.54) is 25.0 Å². The zero-order valence-corrected chi connectivity index (χ0v) is 12.4. The third-order valence-corrected chi connectivity index (χ3v) is 4.22. The molecule has 1 heterocycles. The summed E-state index contributed by atoms with van der Waals surface area (Å²) in [6.45, 7) is 6.47. The monoisotopic (exact) mass is 260 g/mol. The molecule has 1 unspecified atom stereocenters. The molecule has 0 aromatic carbocycles. The smallest absolute Gasteiger partial charge is 0.0600 e. The largest absolute Gasteiger partial charge is 0.377 e. The second-order valence-electron chi connectivity index (χ2n) is 4.93. The van der Waals surface area contributed by atoms with Gasteiger partial charge in [0.15, 0.2) is 0 Å². The van der Waals surface area contributed by atoms with Crippen molar-refractivity contribution < 1.29 is 4.74 Å². The number of likely N-dealkylation sites (N-methyl/N-ethyl adjacent to an activating group) is 1. The van der Waals surface area contributed by atoms with E-state index in [-0.39, 0.29) is 0 Å². The first-order valence-corrected chi connectivity index (χ1v) is 8.15. The predicted molar refractivity (Wildman–Crippen MR) is 76.9 cm³/mol. The minimum Gasteiger partial charge on any atom is -0.377 e. The molecule has 1 saturated heterocycles. The van der Waals surface area contributed by atoms with E-state index in [4.69, 9.17) is 4.74 Å². The molecule has 0 aliphatic carbocycles. The summed E-state index contributed by atoms with van der Waals surface area (Å²) >= 11 is 1.93. The number of hydrogen-bond donors (Lipinski definition) is 1. The molecule has 0 radical (unpaired) electrons. The Labute approximate surface area is 111 Å². The molecule has 17 heavy (non-hydrogen) atoms. The third kappa shape index (κ3) is 6.65. The quantitative estimate of drug-likeness (QED) is 0.719. The molecule has 4 heteroatoms. The highest BCUT2D eigenvalue weighted by Crippen LogP contribution is 2.08. The summed E-state index contributed by atoms with van der Waals surface area (Å²) in [7, 11) is 2.21. The first kappa shape index (κ1) is 15.3. The third-order valence-electron chi connectivity index (χ3n) is 3.58. The van der Waals surface area contributed by atoms with Gasteiger partial charge >= 0.3 is 0 Å². The molecule has 0 saturated carbocycles. The summed E-state index contributed by atoms with van der Waals surface area (Å²) in [6, 6.07) is 0.666. The van der Waals surface area contributed by atoms with Gasteiger partial charge in [-0.2, -0.15) is 11.8 Å². The Morgan fingerprint density at radius 1 is 1.41 bits per heavy atom. The fourth-order valence-electron chi connectivity index (χ4n) is 2.05. The van der Waals surface area contributed by atoms with Gasteiger partial charge in [0.05, 0.1) is 12.7 Å². The van der Waals surface area contributed by atoms with Crippen LogP contribution in [-0.4, -0.2) is 62.3 Å². The van der Waals surface area contributed by atoms with Crippen molar-refractivity contribution in [3.8, 4) is 0 Å². The average molecular weight is 260 g/mol. The minimum atomic E-state index is 0.492. The molecule has 1 aliphatic rings. The Kier molecular flexibility index (Phi) is 8.27.